The molecule has 56 nitrogen and oxygen atoms in total. The van der Waals surface area contributed by atoms with Crippen molar-refractivity contribution in [2.45, 2.75) is 322 Å². The third kappa shape index (κ3) is 23.6. The molecule has 9 aliphatic heterocycles. The van der Waals surface area contributed by atoms with Crippen LogP contribution in [0.1, 0.15) is 34.1 Å². The monoisotopic (exact) mass is 1830 g/mol. The van der Waals surface area contributed by atoms with E-state index in [-0.39, 0.29) is 6.41 Å². The zero-order chi connectivity index (χ0) is 92.4. The molecule has 56 heteroatoms. The molecule has 0 radical (unpaired) electrons. The standard InChI is InChI=1S/C69H115N5O51/c1-18(85)71-33-23(89)5-69(68(106)107,124-56(33)37(91)24(90)7-76)125-59-41(95)27(10-79)112-67(51(59)105)120-54-30(13-82)115-62(36(44(54)98)74-21(4)88)122-57-39(93)25(8-77)110-65(49(57)103)119-52-28(11-80)113-60(34(42(52)96)72-19(2)86)109-16-32-38(92)45(99)47(101)64(117-32)118-53-29(12-81)114-61(35(43(53)97)73-20(3)87)123-58-40(94)26(9-78)111-66(50(58)104)121-55-31(14-83)116-63(48(102)46(55)100)108-15-22(6-75)70-17-84/h17,22-67,75-83,89-105H,5-16H2,1-4H3,(H,70,84)(H,71,85)(H,72,86)(H,73,87)(H,74,88)(H,106,107)/p-1/t22-,23+,24-,25-,26-,27-,28-,29-,30-,31-,32-,33-,34-,35-,36-,37-,38+,39+,40+,41+,42-,43-,44-,45+,46-,47-,48-,49-,50-,51-,52-,53-,54-,55-,56-,57+,58+,59+,60-,61+,62+,63-,64+,65+,66+,67+,69+/m1/s1. The van der Waals surface area contributed by atoms with Gasteiger partial charge in [-0.1, -0.05) is 0 Å². The van der Waals surface area contributed by atoms with Gasteiger partial charge in [0.1, 0.15) is 219 Å². The summed E-state index contributed by atoms with van der Waals surface area (Å²) >= 11 is 0. The second-order valence-corrected chi connectivity index (χ2v) is 31.0. The van der Waals surface area contributed by atoms with E-state index in [0.717, 1.165) is 27.7 Å². The fourth-order valence-corrected chi connectivity index (χ4v) is 15.8. The molecule has 722 valence electrons. The maximum absolute atomic E-state index is 13.1. The normalized spacial score (nSPS) is 45.8. The van der Waals surface area contributed by atoms with Gasteiger partial charge in [0.2, 0.25) is 35.8 Å². The third-order valence-electron chi connectivity index (χ3n) is 22.3. The molecule has 9 saturated heterocycles. The van der Waals surface area contributed by atoms with Crippen LogP contribution in [0.15, 0.2) is 0 Å². The van der Waals surface area contributed by atoms with Crippen LogP contribution in [0.2, 0.25) is 0 Å². The van der Waals surface area contributed by atoms with Crippen LogP contribution in [0, 0.1) is 0 Å². The first kappa shape index (κ1) is 104. The van der Waals surface area contributed by atoms with Crippen molar-refractivity contribution in [2.75, 3.05) is 72.7 Å². The number of hydrogen-bond donors (Lipinski definition) is 31. The molecule has 0 saturated carbocycles. The maximum Gasteiger partial charge on any atom is 0.217 e. The predicted molar refractivity (Wildman–Crippen MR) is 382 cm³/mol. The van der Waals surface area contributed by atoms with Crippen molar-refractivity contribution in [1.29, 1.82) is 0 Å². The number of amides is 5. The average molecular weight is 1830 g/mol. The minimum atomic E-state index is -3.38. The molecule has 47 atom stereocenters. The molecule has 5 amide bonds. The number of nitrogens with one attached hydrogen (secondary N) is 5. The molecule has 0 aromatic carbocycles. The Bertz CT molecular complexity index is 3400. The number of aliphatic carboxylic acids is 1. The van der Waals surface area contributed by atoms with Gasteiger partial charge >= 0.3 is 0 Å². The van der Waals surface area contributed by atoms with Crippen LogP contribution >= 0.6 is 0 Å². The van der Waals surface area contributed by atoms with Gasteiger partial charge in [0.15, 0.2) is 50.3 Å². The SMILES string of the molecule is CC(=O)N[C@H]1[C@H](O[C@H]2[C@@H](O)[C@@H](CO)O[C@@H](O[C@H]3[C@H](O)[C@@H](O)[C@H](OC[C@@H](CO)NC=O)O[C@@H]3CO)[C@@H]2O)O[C@H](CO)[C@@H](O[C@@H]2O[C@H](CO[C@@H]3O[C@H](CO)[C@@H](O[C@@H]4O[C@H](CO)[C@H](O)[C@H](O[C@@H]5O[C@H](CO)[C@@H](O[C@@H]6O[C@H](CO)[C@H](O)[C@H](O[C@]7(C(=O)[O-])C[C@H](O)[C@@H](NC(C)=O)[C@H]([C@H](O)[C@H](O)CO)O7)[C@H]6O)[C@H](O)[C@H]5NC(C)=O)[C@H]4O)[C@H](O)[C@H]3NC(C)=O)[C@H](O)[C@H](O)[C@H]2O)[C@@H]1O. The minimum Gasteiger partial charge on any atom is -0.544 e. The van der Waals surface area contributed by atoms with E-state index in [1.54, 1.807) is 0 Å². The zero-order valence-corrected chi connectivity index (χ0v) is 67.0. The first-order valence-electron chi connectivity index (χ1n) is 39.5. The summed E-state index contributed by atoms with van der Waals surface area (Å²) in [5.41, 5.74) is 0. The molecular formula is C69H114N5O51-. The molecule has 0 spiro atoms. The van der Waals surface area contributed by atoms with Gasteiger partial charge in [0.05, 0.1) is 90.9 Å². The van der Waals surface area contributed by atoms with Gasteiger partial charge in [-0.15, -0.1) is 0 Å². The van der Waals surface area contributed by atoms with Crippen molar-refractivity contribution >= 4 is 36.0 Å². The molecule has 0 aromatic heterocycles. The summed E-state index contributed by atoms with van der Waals surface area (Å²) in [5, 5.41) is 313. The number of carbonyl (C=O) groups is 6. The van der Waals surface area contributed by atoms with Crippen molar-refractivity contribution in [3.63, 3.8) is 0 Å². The van der Waals surface area contributed by atoms with Gasteiger partial charge in [-0.05, 0) is 0 Å². The summed E-state index contributed by atoms with van der Waals surface area (Å²) in [4.78, 5) is 74.9. The fourth-order valence-electron chi connectivity index (χ4n) is 15.8. The lowest BCUT2D eigenvalue weighted by Gasteiger charge is -2.52. The van der Waals surface area contributed by atoms with E-state index in [4.69, 9.17) is 85.3 Å². The minimum absolute atomic E-state index is 0.252. The van der Waals surface area contributed by atoms with Crippen molar-refractivity contribution in [1.82, 2.24) is 26.6 Å². The van der Waals surface area contributed by atoms with Crippen LogP contribution in [0.4, 0.5) is 0 Å². The largest absolute Gasteiger partial charge is 0.544 e. The molecule has 31 N–H and O–H groups in total. The quantitative estimate of drug-likeness (QED) is 0.0255. The van der Waals surface area contributed by atoms with E-state index in [2.05, 4.69) is 26.6 Å². The molecule has 0 aromatic rings. The van der Waals surface area contributed by atoms with Crippen LogP contribution in [0.25, 0.3) is 0 Å². The first-order chi connectivity index (χ1) is 59.1. The van der Waals surface area contributed by atoms with Gasteiger partial charge in [0.25, 0.3) is 0 Å². The highest BCUT2D eigenvalue weighted by atomic mass is 16.8. The van der Waals surface area contributed by atoms with E-state index in [0.29, 0.717) is 0 Å². The maximum atomic E-state index is 13.1. The number of carbonyl (C=O) groups excluding carboxylic acids is 6. The molecule has 9 heterocycles. The Morgan fingerprint density at radius 3 is 1.10 bits per heavy atom. The van der Waals surface area contributed by atoms with E-state index in [1.807, 2.05) is 0 Å². The number of ether oxygens (including phenoxy) is 18. The Labute approximate surface area is 707 Å². The molecule has 0 unspecified atom stereocenters. The molecule has 9 rings (SSSR count). The van der Waals surface area contributed by atoms with Crippen LogP contribution in [0.5, 0.6) is 0 Å². The second kappa shape index (κ2) is 45.9. The highest BCUT2D eigenvalue weighted by Gasteiger charge is 2.62. The zero-order valence-electron chi connectivity index (χ0n) is 67.0. The summed E-state index contributed by atoms with van der Waals surface area (Å²) in [5.74, 6) is -9.49. The average Bonchev–Trinajstić information content (AvgIpc) is 0.461. The Hall–Kier alpha value is -4.94. The van der Waals surface area contributed by atoms with Crippen LogP contribution in [-0.2, 0) is 114 Å². The van der Waals surface area contributed by atoms with E-state index in [1.165, 1.54) is 0 Å². The van der Waals surface area contributed by atoms with E-state index < -0.39 is 396 Å². The molecular weight excluding hydrogens is 1710 g/mol. The van der Waals surface area contributed by atoms with Crippen molar-refractivity contribution in [2.24, 2.45) is 0 Å². The smallest absolute Gasteiger partial charge is 0.217 e. The summed E-state index contributed by atoms with van der Waals surface area (Å²) in [7, 11) is 0. The molecule has 0 bridgehead atoms. The topological polar surface area (TPSA) is 878 Å². The van der Waals surface area contributed by atoms with Crippen molar-refractivity contribution in [3.05, 3.63) is 0 Å². The summed E-state index contributed by atoms with van der Waals surface area (Å²) in [6.45, 7) is -7.51. The molecule has 9 aliphatic rings. The van der Waals surface area contributed by atoms with Gasteiger partial charge in [-0.2, -0.15) is 0 Å². The fraction of sp³-hybridized carbons (Fsp3) is 0.913. The number of hydrogen-bond acceptors (Lipinski definition) is 51. The first-order valence-corrected chi connectivity index (χ1v) is 39.5. The second-order valence-electron chi connectivity index (χ2n) is 31.0. The molecule has 0 aliphatic carbocycles. The Morgan fingerprint density at radius 2 is 0.712 bits per heavy atom. The van der Waals surface area contributed by atoms with Gasteiger partial charge in [-0.3, -0.25) is 24.0 Å². The summed E-state index contributed by atoms with van der Waals surface area (Å²) in [6.07, 6.45) is -87.2. The van der Waals surface area contributed by atoms with Crippen LogP contribution < -0.4 is 31.7 Å². The number of carboxylic acid groups (broad SMARTS) is 1. The van der Waals surface area contributed by atoms with Crippen molar-refractivity contribution < 1.29 is 252 Å². The highest BCUT2D eigenvalue weighted by Crippen LogP contribution is 2.42. The molecule has 125 heavy (non-hydrogen) atoms. The van der Waals surface area contributed by atoms with Crippen LogP contribution in [0.3, 0.4) is 0 Å². The Kier molecular flexibility index (Phi) is 38.1. The van der Waals surface area contributed by atoms with Gasteiger partial charge < -0.3 is 255 Å². The lowest BCUT2D eigenvalue weighted by atomic mass is 9.88. The molecule has 9 fully saturated rings. The Morgan fingerprint density at radius 1 is 0.376 bits per heavy atom. The van der Waals surface area contributed by atoms with E-state index >= 15 is 0 Å². The summed E-state index contributed by atoms with van der Waals surface area (Å²) < 4.78 is 104. The highest BCUT2D eigenvalue weighted by molar-refractivity contribution is 5.76. The number of carboxylic acids is 1. The predicted octanol–water partition coefficient (Wildman–Crippen LogP) is -23.1. The van der Waals surface area contributed by atoms with Crippen molar-refractivity contribution in [3.8, 4) is 0 Å². The number of aliphatic hydroxyl groups is 26. The number of aliphatic hydroxyl groups excluding tert-OH is 26. The number of rotatable bonds is 38. The van der Waals surface area contributed by atoms with Gasteiger partial charge in [-0.25, -0.2) is 0 Å². The van der Waals surface area contributed by atoms with Crippen LogP contribution in [-0.4, -0.2) is 529 Å². The lowest BCUT2D eigenvalue weighted by molar-refractivity contribution is -0.411. The Balaban J connectivity index is 0.867. The summed E-state index contributed by atoms with van der Waals surface area (Å²) in [6, 6.07) is -8.53. The third-order valence-corrected chi connectivity index (χ3v) is 22.3. The lowest BCUT2D eigenvalue weighted by Crippen LogP contribution is -2.72. The van der Waals surface area contributed by atoms with E-state index in [9.17, 15) is 167 Å². The van der Waals surface area contributed by atoms with Gasteiger partial charge in [0, 0.05) is 34.1 Å².